The molecule has 0 amide bonds. The second-order valence-corrected chi connectivity index (χ2v) is 4.13. The maximum Gasteiger partial charge on any atom is 0.416 e. The van der Waals surface area contributed by atoms with Crippen molar-refractivity contribution in [3.8, 4) is 0 Å². The highest BCUT2D eigenvalue weighted by atomic mass is 19.4. The second kappa shape index (κ2) is 4.15. The fourth-order valence-corrected chi connectivity index (χ4v) is 1.75. The zero-order valence-corrected chi connectivity index (χ0v) is 8.99. The van der Waals surface area contributed by atoms with Gasteiger partial charge in [0.2, 0.25) is 0 Å². The zero-order chi connectivity index (χ0) is 13.6. The summed E-state index contributed by atoms with van der Waals surface area (Å²) in [4.78, 5) is 0. The molecule has 0 radical (unpaired) electrons. The van der Waals surface area contributed by atoms with Crippen molar-refractivity contribution >= 4 is 0 Å². The van der Waals surface area contributed by atoms with E-state index in [0.29, 0.717) is 13.0 Å². The third-order valence-electron chi connectivity index (χ3n) is 2.84. The van der Waals surface area contributed by atoms with E-state index in [0.717, 1.165) is 12.1 Å². The van der Waals surface area contributed by atoms with Crippen LogP contribution in [0.25, 0.3) is 0 Å². The number of halogens is 6. The molecule has 0 saturated carbocycles. The third kappa shape index (κ3) is 2.60. The Morgan fingerprint density at radius 1 is 0.889 bits per heavy atom. The highest BCUT2D eigenvalue weighted by Gasteiger charge is 2.37. The molecule has 1 aromatic carbocycles. The van der Waals surface area contributed by atoms with E-state index < -0.39 is 29.5 Å². The first-order valence-electron chi connectivity index (χ1n) is 5.21. The van der Waals surface area contributed by atoms with Crippen LogP contribution in [0.5, 0.6) is 0 Å². The van der Waals surface area contributed by atoms with E-state index in [1.807, 2.05) is 0 Å². The van der Waals surface area contributed by atoms with Gasteiger partial charge in [0.25, 0.3) is 0 Å². The first-order chi connectivity index (χ1) is 8.18. The summed E-state index contributed by atoms with van der Waals surface area (Å²) >= 11 is 0. The maximum absolute atomic E-state index is 12.5. The molecule has 0 spiro atoms. The molecular weight excluding hydrogens is 260 g/mol. The van der Waals surface area contributed by atoms with Gasteiger partial charge in [-0.15, -0.1) is 0 Å². The first-order valence-corrected chi connectivity index (χ1v) is 5.21. The molecule has 1 unspecified atom stereocenters. The molecule has 100 valence electrons. The van der Waals surface area contributed by atoms with E-state index in [2.05, 4.69) is 5.32 Å². The van der Waals surface area contributed by atoms with Crippen molar-refractivity contribution in [1.82, 2.24) is 5.32 Å². The normalized spacial score (nSPS) is 20.7. The lowest BCUT2D eigenvalue weighted by atomic mass is 9.94. The van der Waals surface area contributed by atoms with Crippen LogP contribution in [0, 0.1) is 0 Å². The average molecular weight is 269 g/mol. The summed E-state index contributed by atoms with van der Waals surface area (Å²) in [7, 11) is 0. The molecule has 1 saturated heterocycles. The molecule has 0 bridgehead atoms. The van der Waals surface area contributed by atoms with Crippen molar-refractivity contribution < 1.29 is 26.3 Å². The minimum atomic E-state index is -4.78. The van der Waals surface area contributed by atoms with E-state index in [-0.39, 0.29) is 11.6 Å². The summed E-state index contributed by atoms with van der Waals surface area (Å²) in [5.41, 5.74) is -2.49. The zero-order valence-electron chi connectivity index (χ0n) is 8.99. The molecule has 2 rings (SSSR count). The predicted molar refractivity (Wildman–Crippen MR) is 51.8 cm³/mol. The van der Waals surface area contributed by atoms with Crippen molar-refractivity contribution in [3.05, 3.63) is 34.9 Å². The lowest BCUT2D eigenvalue weighted by Gasteiger charge is -2.29. The Balaban J connectivity index is 2.48. The van der Waals surface area contributed by atoms with Crippen LogP contribution in [-0.4, -0.2) is 6.54 Å². The first kappa shape index (κ1) is 13.2. The summed E-state index contributed by atoms with van der Waals surface area (Å²) in [5, 5.41) is 2.78. The van der Waals surface area contributed by atoms with Crippen molar-refractivity contribution in [2.75, 3.05) is 6.54 Å². The second-order valence-electron chi connectivity index (χ2n) is 4.13. The number of hydrogen-bond acceptors (Lipinski definition) is 1. The lowest BCUT2D eigenvalue weighted by molar-refractivity contribution is -0.143. The molecule has 1 aromatic rings. The van der Waals surface area contributed by atoms with Gasteiger partial charge in [0.15, 0.2) is 0 Å². The van der Waals surface area contributed by atoms with Crippen molar-refractivity contribution in [3.63, 3.8) is 0 Å². The summed E-state index contributed by atoms with van der Waals surface area (Å²) in [6.07, 6.45) is -9.02. The molecule has 1 atom stereocenters. The Bertz CT molecular complexity index is 412. The van der Waals surface area contributed by atoms with E-state index in [4.69, 9.17) is 0 Å². The van der Waals surface area contributed by atoms with Crippen LogP contribution in [0.15, 0.2) is 18.2 Å². The Morgan fingerprint density at radius 2 is 1.33 bits per heavy atom. The van der Waals surface area contributed by atoms with Crippen molar-refractivity contribution in [1.29, 1.82) is 0 Å². The number of rotatable bonds is 1. The molecule has 1 heterocycles. The molecule has 7 heteroatoms. The van der Waals surface area contributed by atoms with Crippen LogP contribution in [0.2, 0.25) is 0 Å². The number of hydrogen-bond donors (Lipinski definition) is 1. The Hall–Kier alpha value is -1.24. The van der Waals surface area contributed by atoms with Gasteiger partial charge in [-0.25, -0.2) is 0 Å². The molecule has 0 aromatic heterocycles. The van der Waals surface area contributed by atoms with Crippen molar-refractivity contribution in [2.24, 2.45) is 0 Å². The molecular formula is C11H9F6N. The number of benzene rings is 1. The standard InChI is InChI=1S/C11H9F6N/c12-10(13,14)7-3-6(9-1-2-18-9)4-8(5-7)11(15,16)17/h3-5,9,18H,1-2H2. The third-order valence-corrected chi connectivity index (χ3v) is 2.84. The summed E-state index contributed by atoms with van der Waals surface area (Å²) < 4.78 is 75.2. The summed E-state index contributed by atoms with van der Waals surface area (Å²) in [6, 6.07) is 1.26. The Labute approximate surface area is 98.8 Å². The van der Waals surface area contributed by atoms with Crippen LogP contribution < -0.4 is 5.32 Å². The number of nitrogens with one attached hydrogen (secondary N) is 1. The van der Waals surface area contributed by atoms with Gasteiger partial charge in [-0.05, 0) is 36.7 Å². The van der Waals surface area contributed by atoms with Crippen LogP contribution in [-0.2, 0) is 12.4 Å². The minimum Gasteiger partial charge on any atom is -0.310 e. The smallest absolute Gasteiger partial charge is 0.310 e. The molecule has 1 nitrogen and oxygen atoms in total. The quantitative estimate of drug-likeness (QED) is 0.765. The van der Waals surface area contributed by atoms with Crippen LogP contribution in [0.3, 0.4) is 0 Å². The fourth-order valence-electron chi connectivity index (χ4n) is 1.75. The fraction of sp³-hybridized carbons (Fsp3) is 0.455. The van der Waals surface area contributed by atoms with Gasteiger partial charge in [-0.2, -0.15) is 26.3 Å². The number of alkyl halides is 6. The van der Waals surface area contributed by atoms with Gasteiger partial charge in [-0.3, -0.25) is 0 Å². The molecule has 1 N–H and O–H groups in total. The lowest BCUT2D eigenvalue weighted by Crippen LogP contribution is -2.35. The van der Waals surface area contributed by atoms with Crippen LogP contribution in [0.1, 0.15) is 29.2 Å². The maximum atomic E-state index is 12.5. The van der Waals surface area contributed by atoms with Crippen LogP contribution >= 0.6 is 0 Å². The molecule has 1 aliphatic rings. The minimum absolute atomic E-state index is 0.0309. The highest BCUT2D eigenvalue weighted by molar-refractivity contribution is 5.35. The van der Waals surface area contributed by atoms with Gasteiger partial charge < -0.3 is 5.32 Å². The highest BCUT2D eigenvalue weighted by Crippen LogP contribution is 2.38. The van der Waals surface area contributed by atoms with E-state index in [1.54, 1.807) is 0 Å². The van der Waals surface area contributed by atoms with E-state index >= 15 is 0 Å². The largest absolute Gasteiger partial charge is 0.416 e. The van der Waals surface area contributed by atoms with Gasteiger partial charge in [0.05, 0.1) is 11.1 Å². The molecule has 0 aliphatic carbocycles. The van der Waals surface area contributed by atoms with Gasteiger partial charge in [-0.1, -0.05) is 0 Å². The Kier molecular flexibility index (Phi) is 3.04. The van der Waals surface area contributed by atoms with Gasteiger partial charge in [0.1, 0.15) is 0 Å². The monoisotopic (exact) mass is 269 g/mol. The molecule has 18 heavy (non-hydrogen) atoms. The van der Waals surface area contributed by atoms with Gasteiger partial charge >= 0.3 is 12.4 Å². The van der Waals surface area contributed by atoms with E-state index in [9.17, 15) is 26.3 Å². The SMILES string of the molecule is FC(F)(F)c1cc(C2CCN2)cc(C(F)(F)F)c1. The van der Waals surface area contributed by atoms with Gasteiger partial charge in [0, 0.05) is 6.04 Å². The van der Waals surface area contributed by atoms with Crippen LogP contribution in [0.4, 0.5) is 26.3 Å². The predicted octanol–water partition coefficient (Wildman–Crippen LogP) is 3.76. The van der Waals surface area contributed by atoms with Crippen molar-refractivity contribution in [2.45, 2.75) is 24.8 Å². The van der Waals surface area contributed by atoms with E-state index in [1.165, 1.54) is 0 Å². The molecule has 1 aliphatic heterocycles. The molecule has 1 fully saturated rings. The topological polar surface area (TPSA) is 12.0 Å². The summed E-state index contributed by atoms with van der Waals surface area (Å²) in [6.45, 7) is 0.599. The Morgan fingerprint density at radius 3 is 1.61 bits per heavy atom. The summed E-state index contributed by atoms with van der Waals surface area (Å²) in [5.74, 6) is 0. The average Bonchev–Trinajstić information content (AvgIpc) is 2.11.